The van der Waals surface area contributed by atoms with Crippen molar-refractivity contribution in [2.24, 2.45) is 0 Å². The first kappa shape index (κ1) is 13.1. The van der Waals surface area contributed by atoms with Crippen molar-refractivity contribution in [1.29, 1.82) is 0 Å². The lowest BCUT2D eigenvalue weighted by Crippen LogP contribution is -2.18. The second-order valence-corrected chi connectivity index (χ2v) is 4.35. The van der Waals surface area contributed by atoms with Crippen LogP contribution in [0, 0.1) is 0 Å². The number of amides is 1. The van der Waals surface area contributed by atoms with Crippen molar-refractivity contribution in [3.05, 3.63) is 77.9 Å². The van der Waals surface area contributed by atoms with Crippen LogP contribution in [0.2, 0.25) is 0 Å². The SMILES string of the molecule is CC(=O)NC(=CCc1ccccc1)c1ccccc1. The van der Waals surface area contributed by atoms with Crippen LogP contribution in [0.15, 0.2) is 66.7 Å². The molecule has 0 aliphatic rings. The largest absolute Gasteiger partial charge is 0.326 e. The average Bonchev–Trinajstić information content (AvgIpc) is 2.45. The molecule has 0 radical (unpaired) electrons. The average molecular weight is 251 g/mol. The Morgan fingerprint density at radius 2 is 1.58 bits per heavy atom. The smallest absolute Gasteiger partial charge is 0.221 e. The Kier molecular flexibility index (Phi) is 4.51. The Bertz CT molecular complexity index is 558. The first-order valence-corrected chi connectivity index (χ1v) is 6.33. The van der Waals surface area contributed by atoms with E-state index in [1.54, 1.807) is 0 Å². The second-order valence-electron chi connectivity index (χ2n) is 4.35. The van der Waals surface area contributed by atoms with E-state index in [1.165, 1.54) is 12.5 Å². The summed E-state index contributed by atoms with van der Waals surface area (Å²) in [7, 11) is 0. The maximum Gasteiger partial charge on any atom is 0.221 e. The third-order valence-corrected chi connectivity index (χ3v) is 2.78. The lowest BCUT2D eigenvalue weighted by molar-refractivity contribution is -0.117. The monoisotopic (exact) mass is 251 g/mol. The molecule has 0 spiro atoms. The van der Waals surface area contributed by atoms with Crippen LogP contribution in [0.1, 0.15) is 18.1 Å². The third-order valence-electron chi connectivity index (χ3n) is 2.78. The number of carbonyl (C=O) groups is 1. The van der Waals surface area contributed by atoms with Gasteiger partial charge in [-0.3, -0.25) is 4.79 Å². The van der Waals surface area contributed by atoms with Gasteiger partial charge >= 0.3 is 0 Å². The summed E-state index contributed by atoms with van der Waals surface area (Å²) in [6.07, 6.45) is 2.84. The summed E-state index contributed by atoms with van der Waals surface area (Å²) in [5.41, 5.74) is 3.10. The highest BCUT2D eigenvalue weighted by molar-refractivity contribution is 5.84. The molecule has 0 heterocycles. The molecule has 0 saturated carbocycles. The lowest BCUT2D eigenvalue weighted by atomic mass is 10.1. The molecular formula is C17H17NO. The molecule has 0 unspecified atom stereocenters. The predicted octanol–water partition coefficient (Wildman–Crippen LogP) is 3.41. The van der Waals surface area contributed by atoms with Crippen molar-refractivity contribution in [2.45, 2.75) is 13.3 Å². The van der Waals surface area contributed by atoms with Gasteiger partial charge in [0.25, 0.3) is 0 Å². The topological polar surface area (TPSA) is 29.1 Å². The van der Waals surface area contributed by atoms with Crippen molar-refractivity contribution in [1.82, 2.24) is 5.32 Å². The highest BCUT2D eigenvalue weighted by Crippen LogP contribution is 2.12. The zero-order valence-electron chi connectivity index (χ0n) is 11.0. The minimum Gasteiger partial charge on any atom is -0.326 e. The van der Waals surface area contributed by atoms with Crippen LogP contribution in [0.25, 0.3) is 5.70 Å². The first-order chi connectivity index (χ1) is 9.25. The fourth-order valence-electron chi connectivity index (χ4n) is 1.88. The van der Waals surface area contributed by atoms with Crippen molar-refractivity contribution in [3.63, 3.8) is 0 Å². The van der Waals surface area contributed by atoms with E-state index in [-0.39, 0.29) is 5.91 Å². The molecule has 0 aromatic heterocycles. The van der Waals surface area contributed by atoms with Crippen molar-refractivity contribution < 1.29 is 4.79 Å². The van der Waals surface area contributed by atoms with E-state index in [0.29, 0.717) is 0 Å². The van der Waals surface area contributed by atoms with Crippen LogP contribution in [-0.4, -0.2) is 5.91 Å². The molecule has 2 nitrogen and oxygen atoms in total. The zero-order valence-corrected chi connectivity index (χ0v) is 11.0. The standard InChI is InChI=1S/C17H17NO/c1-14(19)18-17(16-10-6-3-7-11-16)13-12-15-8-4-2-5-9-15/h2-11,13H,12H2,1H3,(H,18,19). The van der Waals surface area contributed by atoms with Crippen LogP contribution in [0.3, 0.4) is 0 Å². The number of hydrogen-bond donors (Lipinski definition) is 1. The van der Waals surface area contributed by atoms with Crippen LogP contribution >= 0.6 is 0 Å². The van der Waals surface area contributed by atoms with Gasteiger partial charge in [0.05, 0.1) is 0 Å². The van der Waals surface area contributed by atoms with Crippen LogP contribution in [0.4, 0.5) is 0 Å². The number of nitrogens with one attached hydrogen (secondary N) is 1. The van der Waals surface area contributed by atoms with Crippen molar-refractivity contribution >= 4 is 11.6 Å². The molecule has 2 rings (SSSR count). The number of hydrogen-bond acceptors (Lipinski definition) is 1. The van der Waals surface area contributed by atoms with Crippen LogP contribution in [0.5, 0.6) is 0 Å². The maximum absolute atomic E-state index is 11.3. The first-order valence-electron chi connectivity index (χ1n) is 6.33. The molecular weight excluding hydrogens is 234 g/mol. The molecule has 19 heavy (non-hydrogen) atoms. The summed E-state index contributed by atoms with van der Waals surface area (Å²) in [5.74, 6) is -0.0526. The van der Waals surface area contributed by atoms with E-state index in [9.17, 15) is 4.79 Å². The summed E-state index contributed by atoms with van der Waals surface area (Å²) in [6.45, 7) is 1.53. The van der Waals surface area contributed by atoms with E-state index in [1.807, 2.05) is 54.6 Å². The molecule has 0 saturated heterocycles. The fourth-order valence-corrected chi connectivity index (χ4v) is 1.88. The van der Waals surface area contributed by atoms with E-state index in [2.05, 4.69) is 17.4 Å². The molecule has 0 atom stereocenters. The van der Waals surface area contributed by atoms with Gasteiger partial charge in [-0.05, 0) is 17.5 Å². The summed E-state index contributed by atoms with van der Waals surface area (Å²) in [5, 5.41) is 2.89. The minimum atomic E-state index is -0.0526. The third kappa shape index (κ3) is 4.11. The molecule has 0 fully saturated rings. The van der Waals surface area contributed by atoms with Gasteiger partial charge in [0.15, 0.2) is 0 Å². The minimum absolute atomic E-state index is 0.0526. The number of benzene rings is 2. The van der Waals surface area contributed by atoms with E-state index in [0.717, 1.165) is 17.7 Å². The number of carbonyl (C=O) groups excluding carboxylic acids is 1. The summed E-state index contributed by atoms with van der Waals surface area (Å²) < 4.78 is 0. The van der Waals surface area contributed by atoms with Crippen molar-refractivity contribution in [3.8, 4) is 0 Å². The molecule has 0 aliphatic carbocycles. The fraction of sp³-hybridized carbons (Fsp3) is 0.118. The Labute approximate surface area is 113 Å². The summed E-state index contributed by atoms with van der Waals surface area (Å²) >= 11 is 0. The highest BCUT2D eigenvalue weighted by atomic mass is 16.1. The molecule has 1 N–H and O–H groups in total. The zero-order chi connectivity index (χ0) is 13.5. The summed E-state index contributed by atoms with van der Waals surface area (Å²) in [4.78, 5) is 11.3. The number of rotatable bonds is 4. The Balaban J connectivity index is 2.20. The van der Waals surface area contributed by atoms with Gasteiger partial charge in [0.1, 0.15) is 0 Å². The molecule has 2 aromatic rings. The molecule has 2 heteroatoms. The van der Waals surface area contributed by atoms with Crippen molar-refractivity contribution in [2.75, 3.05) is 0 Å². The van der Waals surface area contributed by atoms with Gasteiger partial charge in [-0.1, -0.05) is 66.7 Å². The molecule has 2 aromatic carbocycles. The van der Waals surface area contributed by atoms with E-state index < -0.39 is 0 Å². The van der Waals surface area contributed by atoms with Gasteiger partial charge in [-0.15, -0.1) is 0 Å². The molecule has 96 valence electrons. The second kappa shape index (κ2) is 6.55. The molecule has 0 bridgehead atoms. The van der Waals surface area contributed by atoms with Gasteiger partial charge < -0.3 is 5.32 Å². The van der Waals surface area contributed by atoms with Gasteiger partial charge in [-0.2, -0.15) is 0 Å². The highest BCUT2D eigenvalue weighted by Gasteiger charge is 2.02. The van der Waals surface area contributed by atoms with E-state index >= 15 is 0 Å². The predicted molar refractivity (Wildman–Crippen MR) is 78.4 cm³/mol. The van der Waals surface area contributed by atoms with Gasteiger partial charge in [0.2, 0.25) is 5.91 Å². The lowest BCUT2D eigenvalue weighted by Gasteiger charge is -2.08. The van der Waals surface area contributed by atoms with Gasteiger partial charge in [0, 0.05) is 12.6 Å². The molecule has 0 aliphatic heterocycles. The summed E-state index contributed by atoms with van der Waals surface area (Å²) in [6, 6.07) is 20.1. The quantitative estimate of drug-likeness (QED) is 0.886. The normalized spacial score (nSPS) is 11.1. The Morgan fingerprint density at radius 1 is 1.00 bits per heavy atom. The number of allylic oxidation sites excluding steroid dienone is 1. The van der Waals surface area contributed by atoms with Crippen LogP contribution in [-0.2, 0) is 11.2 Å². The Morgan fingerprint density at radius 3 is 2.16 bits per heavy atom. The van der Waals surface area contributed by atoms with Crippen LogP contribution < -0.4 is 5.32 Å². The maximum atomic E-state index is 11.3. The Hall–Kier alpha value is -2.35. The molecule has 1 amide bonds. The van der Waals surface area contributed by atoms with Gasteiger partial charge in [-0.25, -0.2) is 0 Å². The van der Waals surface area contributed by atoms with E-state index in [4.69, 9.17) is 0 Å².